The lowest BCUT2D eigenvalue weighted by atomic mass is 9.98. The third kappa shape index (κ3) is 2.54. The maximum Gasteiger partial charge on any atom is 0.0720 e. The van der Waals surface area contributed by atoms with Crippen LogP contribution in [0.4, 0.5) is 0 Å². The van der Waals surface area contributed by atoms with Gasteiger partial charge in [-0.1, -0.05) is 30.3 Å². The number of hydrazine groups is 1. The minimum atomic E-state index is -0.0206. The van der Waals surface area contributed by atoms with E-state index in [0.717, 1.165) is 16.5 Å². The second-order valence-electron chi connectivity index (χ2n) is 4.58. The smallest absolute Gasteiger partial charge is 0.0720 e. The van der Waals surface area contributed by atoms with Crippen LogP contribution >= 0.6 is 22.6 Å². The van der Waals surface area contributed by atoms with E-state index in [9.17, 15) is 0 Å². The fraction of sp³-hybridized carbons (Fsp3) is 0.0625. The quantitative estimate of drug-likeness (QED) is 0.419. The molecule has 3 rings (SSSR count). The Kier molecular flexibility index (Phi) is 3.95. The van der Waals surface area contributed by atoms with Gasteiger partial charge in [-0.05, 0) is 58.0 Å². The van der Waals surface area contributed by atoms with E-state index in [2.05, 4.69) is 63.3 Å². The highest BCUT2D eigenvalue weighted by Crippen LogP contribution is 2.27. The van der Waals surface area contributed by atoms with E-state index in [0.29, 0.717) is 0 Å². The highest BCUT2D eigenvalue weighted by Gasteiger charge is 2.15. The Labute approximate surface area is 131 Å². The van der Waals surface area contributed by atoms with Gasteiger partial charge < -0.3 is 0 Å². The van der Waals surface area contributed by atoms with Gasteiger partial charge in [0.05, 0.1) is 11.6 Å². The summed E-state index contributed by atoms with van der Waals surface area (Å²) in [5.74, 6) is 5.78. The third-order valence-electron chi connectivity index (χ3n) is 3.34. The molecule has 0 aliphatic carbocycles. The lowest BCUT2D eigenvalue weighted by Gasteiger charge is -2.18. The van der Waals surface area contributed by atoms with Gasteiger partial charge in [0, 0.05) is 15.2 Å². The lowest BCUT2D eigenvalue weighted by Crippen LogP contribution is -2.29. The van der Waals surface area contributed by atoms with Crippen LogP contribution in [0.3, 0.4) is 0 Å². The van der Waals surface area contributed by atoms with Crippen LogP contribution in [0.2, 0.25) is 0 Å². The molecule has 100 valence electrons. The predicted molar refractivity (Wildman–Crippen MR) is 90.1 cm³/mol. The van der Waals surface area contributed by atoms with Crippen LogP contribution in [0.25, 0.3) is 10.9 Å². The van der Waals surface area contributed by atoms with Crippen molar-refractivity contribution in [2.75, 3.05) is 0 Å². The molecule has 0 bridgehead atoms. The first kappa shape index (κ1) is 13.5. The van der Waals surface area contributed by atoms with Gasteiger partial charge >= 0.3 is 0 Å². The Hall–Kier alpha value is -1.50. The van der Waals surface area contributed by atoms with E-state index in [1.54, 1.807) is 6.20 Å². The molecule has 1 heterocycles. The van der Waals surface area contributed by atoms with Crippen LogP contribution in [0.1, 0.15) is 17.2 Å². The van der Waals surface area contributed by atoms with Gasteiger partial charge in [-0.2, -0.15) is 0 Å². The number of hydrogen-bond acceptors (Lipinski definition) is 3. The molecule has 0 spiro atoms. The number of benzene rings is 2. The summed E-state index contributed by atoms with van der Waals surface area (Å²) in [6.45, 7) is 0. The number of aromatic nitrogens is 1. The number of pyridine rings is 1. The SMILES string of the molecule is NNC(c1ccc2ncccc2c1)c1ccccc1I. The summed E-state index contributed by atoms with van der Waals surface area (Å²) in [6.07, 6.45) is 1.81. The summed E-state index contributed by atoms with van der Waals surface area (Å²) in [4.78, 5) is 4.34. The molecule has 3 N–H and O–H groups in total. The summed E-state index contributed by atoms with van der Waals surface area (Å²) >= 11 is 2.34. The zero-order valence-corrected chi connectivity index (χ0v) is 12.9. The number of fused-ring (bicyclic) bond motifs is 1. The number of halogens is 1. The van der Waals surface area contributed by atoms with Crippen molar-refractivity contribution in [3.05, 3.63) is 75.5 Å². The van der Waals surface area contributed by atoms with Gasteiger partial charge in [-0.15, -0.1) is 0 Å². The van der Waals surface area contributed by atoms with E-state index in [-0.39, 0.29) is 6.04 Å². The number of nitrogens with two attached hydrogens (primary N) is 1. The third-order valence-corrected chi connectivity index (χ3v) is 4.33. The zero-order valence-electron chi connectivity index (χ0n) is 10.8. The summed E-state index contributed by atoms with van der Waals surface area (Å²) < 4.78 is 1.19. The van der Waals surface area contributed by atoms with Crippen LogP contribution in [-0.2, 0) is 0 Å². The van der Waals surface area contributed by atoms with E-state index in [1.165, 1.54) is 9.13 Å². The van der Waals surface area contributed by atoms with Crippen LogP contribution in [0, 0.1) is 3.57 Å². The number of hydrogen-bond donors (Lipinski definition) is 2. The monoisotopic (exact) mass is 375 g/mol. The Morgan fingerprint density at radius 1 is 1.05 bits per heavy atom. The Morgan fingerprint density at radius 3 is 2.70 bits per heavy atom. The van der Waals surface area contributed by atoms with Crippen LogP contribution in [0.5, 0.6) is 0 Å². The summed E-state index contributed by atoms with van der Waals surface area (Å²) in [5.41, 5.74) is 6.23. The minimum absolute atomic E-state index is 0.0206. The normalized spacial score (nSPS) is 12.5. The second-order valence-corrected chi connectivity index (χ2v) is 5.74. The van der Waals surface area contributed by atoms with Gasteiger partial charge in [0.1, 0.15) is 0 Å². The highest BCUT2D eigenvalue weighted by atomic mass is 127. The summed E-state index contributed by atoms with van der Waals surface area (Å²) in [6, 6.07) is 18.5. The molecule has 0 aliphatic heterocycles. The van der Waals surface area contributed by atoms with Gasteiger partial charge in [0.15, 0.2) is 0 Å². The van der Waals surface area contributed by atoms with Crippen molar-refractivity contribution < 1.29 is 0 Å². The molecule has 20 heavy (non-hydrogen) atoms. The number of rotatable bonds is 3. The topological polar surface area (TPSA) is 50.9 Å². The molecule has 3 aromatic rings. The molecule has 0 fully saturated rings. The molecule has 2 aromatic carbocycles. The molecular weight excluding hydrogens is 361 g/mol. The molecule has 0 amide bonds. The van der Waals surface area contributed by atoms with Gasteiger partial charge in [0.25, 0.3) is 0 Å². The Bertz CT molecular complexity index is 742. The van der Waals surface area contributed by atoms with E-state index in [1.807, 2.05) is 24.3 Å². The fourth-order valence-electron chi connectivity index (χ4n) is 2.35. The standard InChI is InChI=1S/C16H14IN3/c17-14-6-2-1-5-13(14)16(20-18)12-7-8-15-11(10-12)4-3-9-19-15/h1-10,16,20H,18H2. The van der Waals surface area contributed by atoms with Crippen molar-refractivity contribution in [2.45, 2.75) is 6.04 Å². The average molecular weight is 375 g/mol. The largest absolute Gasteiger partial charge is 0.271 e. The number of nitrogens with one attached hydrogen (secondary N) is 1. The molecule has 1 unspecified atom stereocenters. The van der Waals surface area contributed by atoms with Crippen LogP contribution in [0.15, 0.2) is 60.8 Å². The van der Waals surface area contributed by atoms with E-state index in [4.69, 9.17) is 5.84 Å². The first-order valence-corrected chi connectivity index (χ1v) is 7.42. The number of nitrogens with zero attached hydrogens (tertiary/aromatic N) is 1. The summed E-state index contributed by atoms with van der Waals surface area (Å²) in [7, 11) is 0. The maximum absolute atomic E-state index is 5.78. The van der Waals surface area contributed by atoms with E-state index >= 15 is 0 Å². The van der Waals surface area contributed by atoms with Crippen molar-refractivity contribution in [1.82, 2.24) is 10.4 Å². The Morgan fingerprint density at radius 2 is 1.90 bits per heavy atom. The maximum atomic E-state index is 5.78. The van der Waals surface area contributed by atoms with Crippen LogP contribution in [-0.4, -0.2) is 4.98 Å². The molecular formula is C16H14IN3. The molecule has 0 radical (unpaired) electrons. The average Bonchev–Trinajstić information content (AvgIpc) is 2.50. The molecule has 0 saturated carbocycles. The first-order chi connectivity index (χ1) is 9.79. The minimum Gasteiger partial charge on any atom is -0.271 e. The van der Waals surface area contributed by atoms with Crippen molar-refractivity contribution in [3.8, 4) is 0 Å². The summed E-state index contributed by atoms with van der Waals surface area (Å²) in [5, 5.41) is 1.12. The fourth-order valence-corrected chi connectivity index (χ4v) is 3.05. The molecule has 0 saturated heterocycles. The first-order valence-electron chi connectivity index (χ1n) is 6.35. The van der Waals surface area contributed by atoms with E-state index < -0.39 is 0 Å². The van der Waals surface area contributed by atoms with Crippen molar-refractivity contribution in [1.29, 1.82) is 0 Å². The van der Waals surface area contributed by atoms with Crippen molar-refractivity contribution >= 4 is 33.5 Å². The molecule has 0 aliphatic rings. The Balaban J connectivity index is 2.10. The van der Waals surface area contributed by atoms with Gasteiger partial charge in [-0.25, -0.2) is 5.43 Å². The van der Waals surface area contributed by atoms with Crippen molar-refractivity contribution in [3.63, 3.8) is 0 Å². The highest BCUT2D eigenvalue weighted by molar-refractivity contribution is 14.1. The predicted octanol–water partition coefficient (Wildman–Crippen LogP) is 3.39. The zero-order chi connectivity index (χ0) is 13.9. The van der Waals surface area contributed by atoms with Gasteiger partial charge in [-0.3, -0.25) is 10.8 Å². The molecule has 4 heteroatoms. The molecule has 1 atom stereocenters. The lowest BCUT2D eigenvalue weighted by molar-refractivity contribution is 0.635. The van der Waals surface area contributed by atoms with Crippen LogP contribution < -0.4 is 11.3 Å². The molecule has 3 nitrogen and oxygen atoms in total. The molecule has 1 aromatic heterocycles. The van der Waals surface area contributed by atoms with Crippen molar-refractivity contribution in [2.24, 2.45) is 5.84 Å². The second kappa shape index (κ2) is 5.87. The van der Waals surface area contributed by atoms with Gasteiger partial charge in [0.2, 0.25) is 0 Å².